The van der Waals surface area contributed by atoms with Crippen LogP contribution in [0.3, 0.4) is 0 Å². The van der Waals surface area contributed by atoms with Crippen molar-refractivity contribution in [3.05, 3.63) is 57.8 Å². The summed E-state index contributed by atoms with van der Waals surface area (Å²) in [6, 6.07) is 13.3. The molecule has 0 unspecified atom stereocenters. The number of nitrogens with one attached hydrogen (secondary N) is 3. The third kappa shape index (κ3) is 4.87. The van der Waals surface area contributed by atoms with Crippen LogP contribution in [0.4, 0.5) is 5.69 Å². The summed E-state index contributed by atoms with van der Waals surface area (Å²) in [5.41, 5.74) is 2.37. The summed E-state index contributed by atoms with van der Waals surface area (Å²) in [6.45, 7) is 5.08. The van der Waals surface area contributed by atoms with Crippen LogP contribution in [0.15, 0.2) is 47.3 Å². The number of benzene rings is 2. The van der Waals surface area contributed by atoms with Gasteiger partial charge in [0.1, 0.15) is 0 Å². The van der Waals surface area contributed by atoms with E-state index in [1.54, 1.807) is 0 Å². The second kappa shape index (κ2) is 9.53. The maximum atomic E-state index is 12.0. The van der Waals surface area contributed by atoms with E-state index in [1.807, 2.05) is 42.5 Å². The van der Waals surface area contributed by atoms with E-state index in [9.17, 15) is 4.79 Å². The highest BCUT2D eigenvalue weighted by Crippen LogP contribution is 2.30. The Morgan fingerprint density at radius 2 is 1.81 bits per heavy atom. The monoisotopic (exact) mass is 384 g/mol. The third-order valence-corrected chi connectivity index (χ3v) is 4.86. The second-order valence-electron chi connectivity index (χ2n) is 6.48. The Bertz CT molecular complexity index is 954. The van der Waals surface area contributed by atoms with Crippen LogP contribution < -0.4 is 16.2 Å². The minimum Gasteiger partial charge on any atom is -0.384 e. The first-order valence-corrected chi connectivity index (χ1v) is 9.80. The number of anilines is 1. The first kappa shape index (κ1) is 19.4. The van der Waals surface area contributed by atoms with Gasteiger partial charge in [0.2, 0.25) is 0 Å². The highest BCUT2D eigenvalue weighted by atomic mass is 35.5. The van der Waals surface area contributed by atoms with Gasteiger partial charge >= 0.3 is 0 Å². The van der Waals surface area contributed by atoms with Gasteiger partial charge in [0.15, 0.2) is 0 Å². The fourth-order valence-corrected chi connectivity index (χ4v) is 3.28. The zero-order valence-corrected chi connectivity index (χ0v) is 16.3. The smallest absolute Gasteiger partial charge is 0.272 e. The Morgan fingerprint density at radius 3 is 2.63 bits per heavy atom. The summed E-state index contributed by atoms with van der Waals surface area (Å²) in [5, 5.41) is 15.8. The average molecular weight is 385 g/mol. The molecule has 5 nitrogen and oxygen atoms in total. The number of rotatable bonds is 9. The Kier molecular flexibility index (Phi) is 6.85. The number of hydrogen-bond acceptors (Lipinski definition) is 4. The zero-order valence-electron chi connectivity index (χ0n) is 15.5. The van der Waals surface area contributed by atoms with Gasteiger partial charge in [-0.3, -0.25) is 4.79 Å². The van der Waals surface area contributed by atoms with E-state index < -0.39 is 0 Å². The van der Waals surface area contributed by atoms with Crippen molar-refractivity contribution in [2.24, 2.45) is 0 Å². The van der Waals surface area contributed by atoms with Gasteiger partial charge in [0.05, 0.1) is 21.8 Å². The molecule has 2 aromatic carbocycles. The number of H-pyrrole nitrogens is 1. The lowest BCUT2D eigenvalue weighted by molar-refractivity contribution is 0.626. The first-order valence-electron chi connectivity index (χ1n) is 9.42. The molecule has 27 heavy (non-hydrogen) atoms. The molecule has 0 aliphatic heterocycles. The normalized spacial score (nSPS) is 11.0. The number of halogens is 1. The van der Waals surface area contributed by atoms with Crippen molar-refractivity contribution in [2.45, 2.75) is 26.2 Å². The third-order valence-electron chi connectivity index (χ3n) is 4.53. The molecule has 0 amide bonds. The molecule has 0 bridgehead atoms. The van der Waals surface area contributed by atoms with Crippen LogP contribution in [0.2, 0.25) is 5.02 Å². The van der Waals surface area contributed by atoms with E-state index in [2.05, 4.69) is 27.8 Å². The lowest BCUT2D eigenvalue weighted by Gasteiger charge is -2.11. The molecule has 0 saturated heterocycles. The highest BCUT2D eigenvalue weighted by molar-refractivity contribution is 6.33. The van der Waals surface area contributed by atoms with Gasteiger partial charge in [-0.1, -0.05) is 49.2 Å². The molecule has 0 radical (unpaired) electrons. The summed E-state index contributed by atoms with van der Waals surface area (Å²) < 4.78 is 0. The van der Waals surface area contributed by atoms with Crippen LogP contribution >= 0.6 is 11.6 Å². The second-order valence-corrected chi connectivity index (χ2v) is 6.89. The van der Waals surface area contributed by atoms with Crippen molar-refractivity contribution in [1.82, 2.24) is 15.5 Å². The Labute approximate surface area is 164 Å². The van der Waals surface area contributed by atoms with E-state index in [4.69, 9.17) is 11.6 Å². The molecular weight excluding hydrogens is 360 g/mol. The molecule has 0 spiro atoms. The van der Waals surface area contributed by atoms with Gasteiger partial charge in [0.25, 0.3) is 5.56 Å². The SMILES string of the molecule is CCNCCCCCNc1cc(-c2n[nH]c(=O)c3ccccc23)ccc1Cl. The number of hydrogen-bond donors (Lipinski definition) is 3. The Balaban J connectivity index is 1.74. The van der Waals surface area contributed by atoms with E-state index in [1.165, 1.54) is 12.8 Å². The molecule has 3 N–H and O–H groups in total. The Hall–Kier alpha value is -2.37. The summed E-state index contributed by atoms with van der Waals surface area (Å²) in [6.07, 6.45) is 3.44. The van der Waals surface area contributed by atoms with E-state index >= 15 is 0 Å². The molecule has 0 fully saturated rings. The number of aromatic amines is 1. The maximum Gasteiger partial charge on any atom is 0.272 e. The molecule has 3 rings (SSSR count). The predicted molar refractivity (Wildman–Crippen MR) is 114 cm³/mol. The van der Waals surface area contributed by atoms with Crippen LogP contribution in [-0.2, 0) is 0 Å². The number of fused-ring (bicyclic) bond motifs is 1. The van der Waals surface area contributed by atoms with Crippen molar-refractivity contribution in [3.63, 3.8) is 0 Å². The molecule has 1 heterocycles. The van der Waals surface area contributed by atoms with Crippen LogP contribution in [-0.4, -0.2) is 29.8 Å². The standard InChI is InChI=1S/C21H25ClN4O/c1-2-23-12-6-3-7-13-24-19-14-15(10-11-18(19)22)20-16-8-4-5-9-17(16)21(27)26-25-20/h4-5,8-11,14,23-24H,2-3,6-7,12-13H2,1H3,(H,26,27). The van der Waals surface area contributed by atoms with Crippen molar-refractivity contribution in [3.8, 4) is 11.3 Å². The fraction of sp³-hybridized carbons (Fsp3) is 0.333. The average Bonchev–Trinajstić information content (AvgIpc) is 2.69. The minimum atomic E-state index is -0.181. The molecule has 0 aliphatic carbocycles. The van der Waals surface area contributed by atoms with E-state index in [-0.39, 0.29) is 5.56 Å². The molecule has 0 atom stereocenters. The van der Waals surface area contributed by atoms with Crippen molar-refractivity contribution >= 4 is 28.1 Å². The molecule has 6 heteroatoms. The van der Waals surface area contributed by atoms with Gasteiger partial charge in [-0.2, -0.15) is 5.10 Å². The summed E-state index contributed by atoms with van der Waals surface area (Å²) in [5.74, 6) is 0. The largest absolute Gasteiger partial charge is 0.384 e. The van der Waals surface area contributed by atoms with Gasteiger partial charge < -0.3 is 10.6 Å². The van der Waals surface area contributed by atoms with Gasteiger partial charge in [-0.05, 0) is 44.1 Å². The predicted octanol–water partition coefficient (Wildman–Crippen LogP) is 4.44. The van der Waals surface area contributed by atoms with E-state index in [0.717, 1.165) is 48.4 Å². The van der Waals surface area contributed by atoms with Crippen LogP contribution in [0, 0.1) is 0 Å². The number of nitrogens with zero attached hydrogens (tertiary/aromatic N) is 1. The summed E-state index contributed by atoms with van der Waals surface area (Å²) >= 11 is 6.36. The highest BCUT2D eigenvalue weighted by Gasteiger charge is 2.10. The van der Waals surface area contributed by atoms with Crippen LogP contribution in [0.5, 0.6) is 0 Å². The van der Waals surface area contributed by atoms with Crippen molar-refractivity contribution in [1.29, 1.82) is 0 Å². The lowest BCUT2D eigenvalue weighted by atomic mass is 10.0. The zero-order chi connectivity index (χ0) is 19.1. The molecule has 0 saturated carbocycles. The fourth-order valence-electron chi connectivity index (χ4n) is 3.09. The first-order chi connectivity index (χ1) is 13.2. The molecule has 142 valence electrons. The van der Waals surface area contributed by atoms with Crippen LogP contribution in [0.1, 0.15) is 26.2 Å². The quantitative estimate of drug-likeness (QED) is 0.477. The Morgan fingerprint density at radius 1 is 1.04 bits per heavy atom. The van der Waals surface area contributed by atoms with Crippen LogP contribution in [0.25, 0.3) is 22.0 Å². The summed E-state index contributed by atoms with van der Waals surface area (Å²) in [4.78, 5) is 12.0. The maximum absolute atomic E-state index is 12.0. The number of aromatic nitrogens is 2. The van der Waals surface area contributed by atoms with Crippen molar-refractivity contribution < 1.29 is 0 Å². The van der Waals surface area contributed by atoms with E-state index in [0.29, 0.717) is 10.4 Å². The molecule has 1 aromatic heterocycles. The molecule has 3 aromatic rings. The van der Waals surface area contributed by atoms with Crippen molar-refractivity contribution in [2.75, 3.05) is 25.0 Å². The van der Waals surface area contributed by atoms with Gasteiger partial charge in [-0.15, -0.1) is 0 Å². The summed E-state index contributed by atoms with van der Waals surface area (Å²) in [7, 11) is 0. The van der Waals surface area contributed by atoms with Gasteiger partial charge in [-0.25, -0.2) is 5.10 Å². The lowest BCUT2D eigenvalue weighted by Crippen LogP contribution is -2.14. The minimum absolute atomic E-state index is 0.181. The molecular formula is C21H25ClN4O. The molecule has 0 aliphatic rings. The topological polar surface area (TPSA) is 69.8 Å². The van der Waals surface area contributed by atoms with Gasteiger partial charge in [0, 0.05) is 17.5 Å². The number of unbranched alkanes of at least 4 members (excludes halogenated alkanes) is 2.